The van der Waals surface area contributed by atoms with E-state index in [-0.39, 0.29) is 5.91 Å². The predicted molar refractivity (Wildman–Crippen MR) is 56.0 cm³/mol. The van der Waals surface area contributed by atoms with Crippen molar-refractivity contribution in [2.24, 2.45) is 15.3 Å². The average molecular weight is 202 g/mol. The lowest BCUT2D eigenvalue weighted by Crippen LogP contribution is -2.25. The molecule has 5 heteroatoms. The van der Waals surface area contributed by atoms with E-state index in [0.29, 0.717) is 5.71 Å². The third-order valence-electron chi connectivity index (χ3n) is 2.03. The van der Waals surface area contributed by atoms with Crippen LogP contribution in [0.2, 0.25) is 0 Å². The van der Waals surface area contributed by atoms with Crippen molar-refractivity contribution in [3.63, 3.8) is 0 Å². The molecule has 1 aliphatic rings. The van der Waals surface area contributed by atoms with Gasteiger partial charge in [0.05, 0.1) is 11.4 Å². The minimum absolute atomic E-state index is 0.229. The van der Waals surface area contributed by atoms with Crippen LogP contribution in [0, 0.1) is 0 Å². The number of nitrogens with one attached hydrogen (secondary N) is 1. The Bertz CT molecular complexity index is 424. The molecule has 76 valence electrons. The van der Waals surface area contributed by atoms with Crippen LogP contribution < -0.4 is 5.43 Å². The highest BCUT2D eigenvalue weighted by Gasteiger charge is 2.26. The molecule has 0 fully saturated rings. The van der Waals surface area contributed by atoms with Crippen molar-refractivity contribution >= 4 is 17.3 Å². The number of hydrazone groups is 1. The van der Waals surface area contributed by atoms with Gasteiger partial charge in [-0.05, 0) is 19.1 Å². The van der Waals surface area contributed by atoms with Crippen LogP contribution in [-0.2, 0) is 4.79 Å². The van der Waals surface area contributed by atoms with Gasteiger partial charge in [-0.1, -0.05) is 18.2 Å². The van der Waals surface area contributed by atoms with Crippen molar-refractivity contribution in [1.82, 2.24) is 5.43 Å². The Labute approximate surface area is 86.9 Å². The minimum atomic E-state index is -0.579. The van der Waals surface area contributed by atoms with Crippen molar-refractivity contribution in [2.75, 3.05) is 0 Å². The fourth-order valence-corrected chi connectivity index (χ4v) is 1.21. The van der Waals surface area contributed by atoms with Crippen LogP contribution in [-0.4, -0.2) is 17.7 Å². The van der Waals surface area contributed by atoms with Gasteiger partial charge in [0, 0.05) is 0 Å². The number of carbonyl (C=O) groups excluding carboxylic acids is 1. The molecule has 0 spiro atoms. The van der Waals surface area contributed by atoms with Gasteiger partial charge >= 0.3 is 0 Å². The third kappa shape index (κ3) is 2.07. The summed E-state index contributed by atoms with van der Waals surface area (Å²) in [7, 11) is 0. The van der Waals surface area contributed by atoms with Gasteiger partial charge in [-0.2, -0.15) is 15.3 Å². The molecule has 1 unspecified atom stereocenters. The highest BCUT2D eigenvalue weighted by molar-refractivity contribution is 6.10. The number of carbonyl (C=O) groups is 1. The standard InChI is InChI=1S/C10H10N4O/c1-7-9(10(15)14-11-7)13-12-8-5-3-2-4-6-8/h2-6,9H,1H3,(H,14,15). The lowest BCUT2D eigenvalue weighted by atomic mass is 10.2. The van der Waals surface area contributed by atoms with Crippen LogP contribution in [0.25, 0.3) is 0 Å². The summed E-state index contributed by atoms with van der Waals surface area (Å²) < 4.78 is 0. The molecule has 0 saturated heterocycles. The molecular formula is C10H10N4O. The van der Waals surface area contributed by atoms with Crippen molar-refractivity contribution in [1.29, 1.82) is 0 Å². The molecule has 0 aromatic heterocycles. The molecule has 0 radical (unpaired) electrons. The molecule has 5 nitrogen and oxygen atoms in total. The van der Waals surface area contributed by atoms with E-state index in [1.54, 1.807) is 6.92 Å². The summed E-state index contributed by atoms with van der Waals surface area (Å²) in [4.78, 5) is 11.2. The van der Waals surface area contributed by atoms with Gasteiger partial charge in [-0.15, -0.1) is 0 Å². The zero-order valence-electron chi connectivity index (χ0n) is 8.21. The van der Waals surface area contributed by atoms with Gasteiger partial charge in [0.2, 0.25) is 0 Å². The van der Waals surface area contributed by atoms with E-state index in [2.05, 4.69) is 20.8 Å². The van der Waals surface area contributed by atoms with Gasteiger partial charge in [-0.3, -0.25) is 4.79 Å². The Morgan fingerprint density at radius 2 is 2.07 bits per heavy atom. The third-order valence-corrected chi connectivity index (χ3v) is 2.03. The number of amides is 1. The maximum atomic E-state index is 11.2. The van der Waals surface area contributed by atoms with Crippen LogP contribution >= 0.6 is 0 Å². The normalized spacial score (nSPS) is 20.5. The largest absolute Gasteiger partial charge is 0.272 e. The molecule has 1 N–H and O–H groups in total. The van der Waals surface area contributed by atoms with E-state index in [1.165, 1.54) is 0 Å². The molecule has 1 aromatic carbocycles. The first-order valence-electron chi connectivity index (χ1n) is 4.57. The number of azo groups is 1. The molecule has 1 aliphatic heterocycles. The number of nitrogens with zero attached hydrogens (tertiary/aromatic N) is 3. The molecule has 0 saturated carbocycles. The molecular weight excluding hydrogens is 192 g/mol. The second kappa shape index (κ2) is 4.00. The number of benzene rings is 1. The number of hydrogen-bond donors (Lipinski definition) is 1. The van der Waals surface area contributed by atoms with Crippen molar-refractivity contribution in [3.8, 4) is 0 Å². The predicted octanol–water partition coefficient (Wildman–Crippen LogP) is 1.64. The molecule has 1 heterocycles. The van der Waals surface area contributed by atoms with Gasteiger partial charge in [0.1, 0.15) is 0 Å². The summed E-state index contributed by atoms with van der Waals surface area (Å²) in [5.74, 6) is -0.229. The van der Waals surface area contributed by atoms with Crippen molar-refractivity contribution < 1.29 is 4.79 Å². The number of rotatable bonds is 2. The van der Waals surface area contributed by atoms with E-state index in [9.17, 15) is 4.79 Å². The summed E-state index contributed by atoms with van der Waals surface area (Å²) >= 11 is 0. The quantitative estimate of drug-likeness (QED) is 0.728. The monoisotopic (exact) mass is 202 g/mol. The average Bonchev–Trinajstić information content (AvgIpc) is 2.58. The van der Waals surface area contributed by atoms with E-state index < -0.39 is 6.04 Å². The summed E-state index contributed by atoms with van der Waals surface area (Å²) in [5.41, 5.74) is 3.72. The first-order chi connectivity index (χ1) is 7.27. The summed E-state index contributed by atoms with van der Waals surface area (Å²) in [6.45, 7) is 1.74. The Hall–Kier alpha value is -2.04. The maximum absolute atomic E-state index is 11.2. The van der Waals surface area contributed by atoms with Gasteiger partial charge in [0.25, 0.3) is 5.91 Å². The molecule has 1 atom stereocenters. The summed E-state index contributed by atoms with van der Waals surface area (Å²) in [5, 5.41) is 11.7. The molecule has 1 amide bonds. The highest BCUT2D eigenvalue weighted by atomic mass is 16.2. The van der Waals surface area contributed by atoms with Crippen LogP contribution in [0.5, 0.6) is 0 Å². The molecule has 2 rings (SSSR count). The van der Waals surface area contributed by atoms with E-state index in [4.69, 9.17) is 0 Å². The molecule has 1 aromatic rings. The van der Waals surface area contributed by atoms with Gasteiger partial charge < -0.3 is 0 Å². The lowest BCUT2D eigenvalue weighted by Gasteiger charge is -1.98. The van der Waals surface area contributed by atoms with Crippen molar-refractivity contribution in [3.05, 3.63) is 30.3 Å². The zero-order valence-corrected chi connectivity index (χ0v) is 8.21. The fourth-order valence-electron chi connectivity index (χ4n) is 1.21. The van der Waals surface area contributed by atoms with E-state index >= 15 is 0 Å². The topological polar surface area (TPSA) is 66.2 Å². The van der Waals surface area contributed by atoms with Gasteiger partial charge in [0.15, 0.2) is 6.04 Å². The van der Waals surface area contributed by atoms with Crippen LogP contribution in [0.15, 0.2) is 45.7 Å². The Kier molecular flexibility index (Phi) is 2.53. The highest BCUT2D eigenvalue weighted by Crippen LogP contribution is 2.12. The Morgan fingerprint density at radius 1 is 1.33 bits per heavy atom. The SMILES string of the molecule is CC1=NNC(=O)C1N=Nc1ccccc1. The first kappa shape index (κ1) is 9.51. The maximum Gasteiger partial charge on any atom is 0.272 e. The molecule has 0 aliphatic carbocycles. The van der Waals surface area contributed by atoms with Gasteiger partial charge in [-0.25, -0.2) is 5.43 Å². The summed E-state index contributed by atoms with van der Waals surface area (Å²) in [6, 6.07) is 8.69. The second-order valence-electron chi connectivity index (χ2n) is 3.18. The van der Waals surface area contributed by atoms with E-state index in [1.807, 2.05) is 30.3 Å². The van der Waals surface area contributed by atoms with Crippen LogP contribution in [0.1, 0.15) is 6.92 Å². The van der Waals surface area contributed by atoms with E-state index in [0.717, 1.165) is 5.69 Å². The Balaban J connectivity index is 2.12. The van der Waals surface area contributed by atoms with Crippen molar-refractivity contribution in [2.45, 2.75) is 13.0 Å². The second-order valence-corrected chi connectivity index (χ2v) is 3.18. The fraction of sp³-hybridized carbons (Fsp3) is 0.200. The summed E-state index contributed by atoms with van der Waals surface area (Å²) in [6.07, 6.45) is 0. The first-order valence-corrected chi connectivity index (χ1v) is 4.57. The van der Waals surface area contributed by atoms with Crippen LogP contribution in [0.3, 0.4) is 0 Å². The molecule has 0 bridgehead atoms. The van der Waals surface area contributed by atoms with Crippen LogP contribution in [0.4, 0.5) is 5.69 Å². The minimum Gasteiger partial charge on any atom is -0.270 e. The Morgan fingerprint density at radius 3 is 2.67 bits per heavy atom. The number of hydrogen-bond acceptors (Lipinski definition) is 4. The zero-order chi connectivity index (χ0) is 10.7. The molecule has 15 heavy (non-hydrogen) atoms. The smallest absolute Gasteiger partial charge is 0.270 e. The lowest BCUT2D eigenvalue weighted by molar-refractivity contribution is -0.120.